The van der Waals surface area contributed by atoms with E-state index < -0.39 is 23.8 Å². The molecule has 3 aliphatic heterocycles. The Bertz CT molecular complexity index is 1900. The van der Waals surface area contributed by atoms with Crippen molar-refractivity contribution in [1.29, 1.82) is 0 Å². The molecule has 7 rings (SSSR count). The molecule has 1 aliphatic carbocycles. The van der Waals surface area contributed by atoms with E-state index in [-0.39, 0.29) is 24.3 Å². The van der Waals surface area contributed by atoms with Crippen LogP contribution in [-0.4, -0.2) is 143 Å². The molecule has 5 heterocycles. The molecule has 4 aliphatic rings. The summed E-state index contributed by atoms with van der Waals surface area (Å²) in [5.74, 6) is 0.245. The van der Waals surface area contributed by atoms with Gasteiger partial charge in [0.25, 0.3) is 11.8 Å². The summed E-state index contributed by atoms with van der Waals surface area (Å²) in [6, 6.07) is 9.75. The lowest BCUT2D eigenvalue weighted by Gasteiger charge is -2.36. The first-order valence-corrected chi connectivity index (χ1v) is 23.1. The lowest BCUT2D eigenvalue weighted by Crippen LogP contribution is -2.54. The van der Waals surface area contributed by atoms with Crippen LogP contribution < -0.4 is 21.3 Å². The third kappa shape index (κ3) is 8.29. The van der Waals surface area contributed by atoms with Crippen LogP contribution in [0.4, 0.5) is 11.5 Å². The molecule has 4 amide bonds. The molecule has 1 aromatic carbocycles. The minimum Gasteiger partial charge on any atom is -0.383 e. The average Bonchev–Trinajstić information content (AvgIpc) is 3.91. The first-order chi connectivity index (χ1) is 26.6. The zero-order chi connectivity index (χ0) is 38.7. The first-order valence-electron chi connectivity index (χ1n) is 20.5. The SMILES string of the molecule is CCC(CC)c1cc(NC([SiH3])[C@H]2CC[C@](C[SiH3])(NCCN3CCN(CCNc4cccc5c4C(=O)N(C4CCC(=O)NC4=O)C5=O)CC3)C2)n2nccc2n1. The molecule has 0 spiro atoms. The number of carbonyl (C=O) groups is 4. The van der Waals surface area contributed by atoms with Gasteiger partial charge in [0.15, 0.2) is 5.65 Å². The monoisotopic (exact) mass is 786 g/mol. The summed E-state index contributed by atoms with van der Waals surface area (Å²) in [6.45, 7) is 12.0. The second kappa shape index (κ2) is 17.0. The summed E-state index contributed by atoms with van der Waals surface area (Å²) in [5.41, 5.74) is 4.01. The van der Waals surface area contributed by atoms with Crippen molar-refractivity contribution in [3.8, 4) is 0 Å². The van der Waals surface area contributed by atoms with Gasteiger partial charge in [-0.15, -0.1) is 0 Å². The Morgan fingerprint density at radius 1 is 0.982 bits per heavy atom. The molecule has 4 N–H and O–H groups in total. The maximum atomic E-state index is 13.4. The van der Waals surface area contributed by atoms with Gasteiger partial charge in [0.1, 0.15) is 11.9 Å². The van der Waals surface area contributed by atoms with Gasteiger partial charge in [-0.3, -0.25) is 39.2 Å². The van der Waals surface area contributed by atoms with Gasteiger partial charge < -0.3 is 16.0 Å². The van der Waals surface area contributed by atoms with Crippen LogP contribution in [0.2, 0.25) is 6.04 Å². The second-order valence-corrected chi connectivity index (χ2v) is 17.9. The third-order valence-corrected chi connectivity index (χ3v) is 15.4. The van der Waals surface area contributed by atoms with E-state index >= 15 is 0 Å². The van der Waals surface area contributed by atoms with Crippen LogP contribution in [0, 0.1) is 5.92 Å². The number of piperidine rings is 1. The molecule has 2 aromatic heterocycles. The van der Waals surface area contributed by atoms with E-state index in [2.05, 4.69) is 56.1 Å². The van der Waals surface area contributed by atoms with Crippen molar-refractivity contribution < 1.29 is 19.2 Å². The Morgan fingerprint density at radius 2 is 1.73 bits per heavy atom. The van der Waals surface area contributed by atoms with E-state index in [1.807, 2.05) is 22.8 Å². The topological polar surface area (TPSA) is 156 Å². The van der Waals surface area contributed by atoms with E-state index in [0.29, 0.717) is 40.9 Å². The van der Waals surface area contributed by atoms with Crippen LogP contribution in [0.25, 0.3) is 5.65 Å². The molecule has 296 valence electrons. The first kappa shape index (κ1) is 39.3. The quantitative estimate of drug-likeness (QED) is 0.120. The van der Waals surface area contributed by atoms with Crippen molar-refractivity contribution in [2.75, 3.05) is 63.0 Å². The van der Waals surface area contributed by atoms with Crippen LogP contribution in [0.1, 0.15) is 91.1 Å². The lowest BCUT2D eigenvalue weighted by molar-refractivity contribution is -0.136. The fraction of sp³-hybridized carbons (Fsp3) is 0.590. The maximum absolute atomic E-state index is 13.4. The molecule has 14 nitrogen and oxygen atoms in total. The number of hydrogen-bond donors (Lipinski definition) is 4. The highest BCUT2D eigenvalue weighted by Crippen LogP contribution is 2.39. The number of fused-ring (bicyclic) bond motifs is 2. The van der Waals surface area contributed by atoms with Crippen molar-refractivity contribution >= 4 is 61.3 Å². The van der Waals surface area contributed by atoms with E-state index in [1.54, 1.807) is 12.1 Å². The van der Waals surface area contributed by atoms with E-state index in [4.69, 9.17) is 4.98 Å². The average molecular weight is 787 g/mol. The van der Waals surface area contributed by atoms with E-state index in [1.165, 1.54) is 41.2 Å². The number of hydrogen-bond acceptors (Lipinski definition) is 11. The number of rotatable bonds is 16. The zero-order valence-electron chi connectivity index (χ0n) is 32.9. The van der Waals surface area contributed by atoms with Crippen molar-refractivity contribution in [3.63, 3.8) is 0 Å². The number of piperazine rings is 1. The van der Waals surface area contributed by atoms with Gasteiger partial charge in [-0.1, -0.05) is 19.9 Å². The smallest absolute Gasteiger partial charge is 0.264 e. The number of nitrogens with one attached hydrogen (secondary N) is 4. The second-order valence-electron chi connectivity index (χ2n) is 16.0. The highest BCUT2D eigenvalue weighted by Gasteiger charge is 2.45. The van der Waals surface area contributed by atoms with Crippen molar-refractivity contribution in [1.82, 2.24) is 39.9 Å². The van der Waals surface area contributed by atoms with Gasteiger partial charge in [0.2, 0.25) is 11.8 Å². The summed E-state index contributed by atoms with van der Waals surface area (Å²) in [4.78, 5) is 61.7. The molecule has 55 heavy (non-hydrogen) atoms. The highest BCUT2D eigenvalue weighted by molar-refractivity contribution is 6.25. The van der Waals surface area contributed by atoms with Gasteiger partial charge in [-0.25, -0.2) is 4.98 Å². The molecule has 3 fully saturated rings. The Labute approximate surface area is 329 Å². The van der Waals surface area contributed by atoms with Crippen molar-refractivity contribution in [3.05, 3.63) is 53.3 Å². The fourth-order valence-corrected chi connectivity index (χ4v) is 11.0. The molecular weight excluding hydrogens is 729 g/mol. The largest absolute Gasteiger partial charge is 0.383 e. The number of nitrogens with zero attached hydrogens (tertiary/aromatic N) is 6. The summed E-state index contributed by atoms with van der Waals surface area (Å²) in [6.07, 6.45) is 7.99. The number of benzene rings is 1. The van der Waals surface area contributed by atoms with Crippen molar-refractivity contribution in [2.45, 2.75) is 88.0 Å². The highest BCUT2D eigenvalue weighted by atomic mass is 28.1. The van der Waals surface area contributed by atoms with Gasteiger partial charge in [0.05, 0.1) is 17.3 Å². The van der Waals surface area contributed by atoms with Gasteiger partial charge >= 0.3 is 0 Å². The number of aromatic nitrogens is 3. The molecule has 1 saturated carbocycles. The normalized spacial score (nSPS) is 24.3. The molecule has 2 saturated heterocycles. The van der Waals surface area contributed by atoms with Gasteiger partial charge in [-0.05, 0) is 62.6 Å². The van der Waals surface area contributed by atoms with Crippen LogP contribution in [0.5, 0.6) is 0 Å². The molecule has 4 atom stereocenters. The van der Waals surface area contributed by atoms with Gasteiger partial charge in [-0.2, -0.15) is 9.61 Å². The summed E-state index contributed by atoms with van der Waals surface area (Å²) < 4.78 is 1.97. The lowest BCUT2D eigenvalue weighted by atomic mass is 9.97. The fourth-order valence-electron chi connectivity index (χ4n) is 9.23. The summed E-state index contributed by atoms with van der Waals surface area (Å²) >= 11 is 0. The number of amides is 4. The summed E-state index contributed by atoms with van der Waals surface area (Å²) in [7, 11) is 2.26. The van der Waals surface area contributed by atoms with Crippen LogP contribution in [0.15, 0.2) is 36.5 Å². The Hall–Kier alpha value is -3.97. The zero-order valence-corrected chi connectivity index (χ0v) is 36.9. The molecule has 0 bridgehead atoms. The maximum Gasteiger partial charge on any atom is 0.264 e. The predicted molar refractivity (Wildman–Crippen MR) is 221 cm³/mol. The Kier molecular flexibility index (Phi) is 12.2. The minimum absolute atomic E-state index is 0.0999. The minimum atomic E-state index is -0.970. The number of anilines is 2. The van der Waals surface area contributed by atoms with Gasteiger partial charge in [0, 0.05) is 120 Å². The Balaban J connectivity index is 0.846. The molecule has 2 unspecified atom stereocenters. The van der Waals surface area contributed by atoms with E-state index in [0.717, 1.165) is 85.3 Å². The predicted octanol–water partition coefficient (Wildman–Crippen LogP) is 0.779. The molecule has 0 radical (unpaired) electrons. The third-order valence-electron chi connectivity index (χ3n) is 12.8. The van der Waals surface area contributed by atoms with Crippen LogP contribution in [-0.2, 0) is 9.59 Å². The summed E-state index contributed by atoms with van der Waals surface area (Å²) in [5, 5.41) is 18.2. The Morgan fingerprint density at radius 3 is 2.44 bits per heavy atom. The standard InChI is InChI=1S/C39H58N10O4Si2/c1-3-25(4-2)29-22-32(49-31(43-29)11-13-42-49)44-36(55)26-10-12-39(23-26,24-54)41-15-17-47-20-18-46(19-21-47)16-14-40-28-7-5-6-27-34(28)38(53)48(37(27)52)30-8-9-33(50)45-35(30)51/h5-7,11,13,22,25-26,30,36,40-41,44H,3-4,8-10,12,14-21,23-24H2,1-2,54-55H3,(H,45,50,51)/t26-,30?,36?,39-/m0/s1. The van der Waals surface area contributed by atoms with Crippen LogP contribution >= 0.6 is 0 Å². The number of carbonyl (C=O) groups excluding carboxylic acids is 4. The van der Waals surface area contributed by atoms with E-state index in [9.17, 15) is 19.2 Å². The molecule has 16 heteroatoms. The number of imide groups is 2. The van der Waals surface area contributed by atoms with Crippen molar-refractivity contribution in [2.24, 2.45) is 5.92 Å². The van der Waals surface area contributed by atoms with Crippen LogP contribution in [0.3, 0.4) is 0 Å². The molecular formula is C39H58N10O4Si2. The molecule has 3 aromatic rings.